The second-order valence-corrected chi connectivity index (χ2v) is 9.45. The summed E-state index contributed by atoms with van der Waals surface area (Å²) in [4.78, 5) is 26.9. The van der Waals surface area contributed by atoms with E-state index >= 15 is 0 Å². The SMILES string of the molecule is CSc1nc2c(c(N3CCN(C(=O)O)C(CC#N)C3)n1)CCN(c1ccc(F)c3ccccc13)C2. The van der Waals surface area contributed by atoms with Crippen molar-refractivity contribution in [3.63, 3.8) is 0 Å². The summed E-state index contributed by atoms with van der Waals surface area (Å²) < 4.78 is 14.4. The van der Waals surface area contributed by atoms with Gasteiger partial charge in [-0.2, -0.15) is 5.26 Å². The van der Waals surface area contributed by atoms with Crippen LogP contribution in [-0.4, -0.2) is 64.5 Å². The van der Waals surface area contributed by atoms with Crippen molar-refractivity contribution in [1.82, 2.24) is 14.9 Å². The lowest BCUT2D eigenvalue weighted by Crippen LogP contribution is -2.55. The fraction of sp³-hybridized carbons (Fsp3) is 0.360. The average Bonchev–Trinajstić information content (AvgIpc) is 2.88. The normalized spacial score (nSPS) is 17.9. The Hall–Kier alpha value is -3.58. The molecule has 1 amide bonds. The van der Waals surface area contributed by atoms with Crippen LogP contribution in [-0.2, 0) is 13.0 Å². The molecule has 0 saturated carbocycles. The van der Waals surface area contributed by atoms with Gasteiger partial charge in [-0.3, -0.25) is 0 Å². The van der Waals surface area contributed by atoms with Crippen molar-refractivity contribution in [3.8, 4) is 6.07 Å². The van der Waals surface area contributed by atoms with Crippen LogP contribution in [0.25, 0.3) is 10.8 Å². The number of benzene rings is 2. The zero-order chi connectivity index (χ0) is 24.5. The number of piperazine rings is 1. The van der Waals surface area contributed by atoms with Crippen LogP contribution in [0.5, 0.6) is 0 Å². The zero-order valence-electron chi connectivity index (χ0n) is 19.3. The Morgan fingerprint density at radius 2 is 1.97 bits per heavy atom. The van der Waals surface area contributed by atoms with E-state index in [0.29, 0.717) is 43.1 Å². The Balaban J connectivity index is 1.48. The van der Waals surface area contributed by atoms with Gasteiger partial charge in [0.15, 0.2) is 5.16 Å². The third kappa shape index (κ3) is 4.32. The molecule has 180 valence electrons. The minimum absolute atomic E-state index is 0.136. The number of hydrogen-bond donors (Lipinski definition) is 1. The van der Waals surface area contributed by atoms with Crippen molar-refractivity contribution in [3.05, 3.63) is 53.5 Å². The van der Waals surface area contributed by atoms with Crippen molar-refractivity contribution in [2.24, 2.45) is 0 Å². The molecule has 0 spiro atoms. The predicted octanol–water partition coefficient (Wildman–Crippen LogP) is 4.14. The monoisotopic (exact) mass is 492 g/mol. The first kappa shape index (κ1) is 23.2. The molecule has 3 aromatic rings. The molecule has 0 bridgehead atoms. The lowest BCUT2D eigenvalue weighted by atomic mass is 10.0. The number of rotatable bonds is 4. The predicted molar refractivity (Wildman–Crippen MR) is 133 cm³/mol. The number of fused-ring (bicyclic) bond motifs is 2. The first-order valence-corrected chi connectivity index (χ1v) is 12.7. The number of aromatic nitrogens is 2. The van der Waals surface area contributed by atoms with Crippen LogP contribution in [0.3, 0.4) is 0 Å². The Bertz CT molecular complexity index is 1330. The Kier molecular flexibility index (Phi) is 6.34. The number of carboxylic acid groups (broad SMARTS) is 1. The highest BCUT2D eigenvalue weighted by Gasteiger charge is 2.33. The lowest BCUT2D eigenvalue weighted by Gasteiger charge is -2.41. The number of anilines is 2. The first-order chi connectivity index (χ1) is 17.0. The van der Waals surface area contributed by atoms with Gasteiger partial charge in [0, 0.05) is 48.2 Å². The van der Waals surface area contributed by atoms with Gasteiger partial charge >= 0.3 is 6.09 Å². The molecule has 1 fully saturated rings. The zero-order valence-corrected chi connectivity index (χ0v) is 20.1. The Labute approximate surface area is 207 Å². The number of thioether (sulfide) groups is 1. The minimum atomic E-state index is -0.999. The molecule has 1 aromatic heterocycles. The molecule has 8 nitrogen and oxygen atoms in total. The number of halogens is 1. The summed E-state index contributed by atoms with van der Waals surface area (Å²) in [6.07, 6.45) is 1.78. The van der Waals surface area contributed by atoms with Crippen molar-refractivity contribution in [2.75, 3.05) is 42.2 Å². The van der Waals surface area contributed by atoms with E-state index in [1.165, 1.54) is 22.7 Å². The Morgan fingerprint density at radius 1 is 1.17 bits per heavy atom. The third-order valence-electron chi connectivity index (χ3n) is 6.75. The van der Waals surface area contributed by atoms with Gasteiger partial charge in [-0.05, 0) is 24.8 Å². The molecule has 10 heteroatoms. The highest BCUT2D eigenvalue weighted by molar-refractivity contribution is 7.98. The molecule has 1 atom stereocenters. The number of carbonyl (C=O) groups is 1. The Morgan fingerprint density at radius 3 is 2.71 bits per heavy atom. The molecule has 1 N–H and O–H groups in total. The molecular weight excluding hydrogens is 467 g/mol. The summed E-state index contributed by atoms with van der Waals surface area (Å²) >= 11 is 1.46. The molecular formula is C25H25FN6O2S. The first-order valence-electron chi connectivity index (χ1n) is 11.5. The number of amides is 1. The van der Waals surface area contributed by atoms with E-state index in [9.17, 15) is 19.6 Å². The van der Waals surface area contributed by atoms with Gasteiger partial charge in [0.1, 0.15) is 11.6 Å². The third-order valence-corrected chi connectivity index (χ3v) is 7.30. The molecule has 1 unspecified atom stereocenters. The van der Waals surface area contributed by atoms with E-state index in [1.54, 1.807) is 6.07 Å². The van der Waals surface area contributed by atoms with Crippen LogP contribution < -0.4 is 9.80 Å². The fourth-order valence-electron chi connectivity index (χ4n) is 5.05. The van der Waals surface area contributed by atoms with Gasteiger partial charge in [-0.1, -0.05) is 36.0 Å². The summed E-state index contributed by atoms with van der Waals surface area (Å²) in [6, 6.07) is 12.6. The van der Waals surface area contributed by atoms with E-state index in [4.69, 9.17) is 9.97 Å². The van der Waals surface area contributed by atoms with Gasteiger partial charge in [0.25, 0.3) is 0 Å². The maximum absolute atomic E-state index is 14.4. The molecule has 3 heterocycles. The van der Waals surface area contributed by atoms with Gasteiger partial charge in [-0.25, -0.2) is 19.2 Å². The van der Waals surface area contributed by atoms with Crippen molar-refractivity contribution in [2.45, 2.75) is 30.6 Å². The van der Waals surface area contributed by atoms with Crippen LogP contribution in [0.4, 0.5) is 20.7 Å². The van der Waals surface area contributed by atoms with Crippen molar-refractivity contribution >= 4 is 40.1 Å². The van der Waals surface area contributed by atoms with Crippen molar-refractivity contribution in [1.29, 1.82) is 5.26 Å². The fourth-order valence-corrected chi connectivity index (χ4v) is 5.43. The van der Waals surface area contributed by atoms with Crippen LogP contribution in [0.1, 0.15) is 17.7 Å². The highest BCUT2D eigenvalue weighted by Crippen LogP contribution is 2.35. The number of nitrogens with zero attached hydrogens (tertiary/aromatic N) is 6. The maximum atomic E-state index is 14.4. The summed E-state index contributed by atoms with van der Waals surface area (Å²) in [6.45, 7) is 2.56. The molecule has 2 aromatic carbocycles. The summed E-state index contributed by atoms with van der Waals surface area (Å²) in [5.74, 6) is 0.597. The summed E-state index contributed by atoms with van der Waals surface area (Å²) in [7, 11) is 0. The van der Waals surface area contributed by atoms with E-state index in [1.807, 2.05) is 30.5 Å². The lowest BCUT2D eigenvalue weighted by molar-refractivity contribution is 0.119. The largest absolute Gasteiger partial charge is 0.465 e. The van der Waals surface area contributed by atoms with E-state index in [2.05, 4.69) is 15.9 Å². The average molecular weight is 493 g/mol. The van der Waals surface area contributed by atoms with Crippen LogP contribution >= 0.6 is 11.8 Å². The van der Waals surface area contributed by atoms with E-state index in [-0.39, 0.29) is 12.2 Å². The molecule has 0 aliphatic carbocycles. The molecule has 1 saturated heterocycles. The second kappa shape index (κ2) is 9.58. The summed E-state index contributed by atoms with van der Waals surface area (Å²) in [5, 5.41) is 20.9. The van der Waals surface area contributed by atoms with Crippen LogP contribution in [0.15, 0.2) is 41.6 Å². The quantitative estimate of drug-likeness (QED) is 0.429. The highest BCUT2D eigenvalue weighted by atomic mass is 32.2. The molecule has 2 aliphatic rings. The molecule has 0 radical (unpaired) electrons. The van der Waals surface area contributed by atoms with Crippen LogP contribution in [0.2, 0.25) is 0 Å². The van der Waals surface area contributed by atoms with Crippen LogP contribution in [0, 0.1) is 17.1 Å². The van der Waals surface area contributed by atoms with E-state index in [0.717, 1.165) is 34.7 Å². The van der Waals surface area contributed by atoms with Gasteiger partial charge in [0.05, 0.1) is 30.8 Å². The second-order valence-electron chi connectivity index (χ2n) is 8.68. The van der Waals surface area contributed by atoms with E-state index < -0.39 is 12.1 Å². The number of nitriles is 1. The molecule has 5 rings (SSSR count). The molecule has 2 aliphatic heterocycles. The summed E-state index contributed by atoms with van der Waals surface area (Å²) in [5.41, 5.74) is 2.96. The maximum Gasteiger partial charge on any atom is 0.407 e. The van der Waals surface area contributed by atoms with Gasteiger partial charge in [0.2, 0.25) is 0 Å². The van der Waals surface area contributed by atoms with Gasteiger partial charge < -0.3 is 19.8 Å². The van der Waals surface area contributed by atoms with Crippen molar-refractivity contribution < 1.29 is 14.3 Å². The van der Waals surface area contributed by atoms with Gasteiger partial charge in [-0.15, -0.1) is 0 Å². The topological polar surface area (TPSA) is 96.6 Å². The standard InChI is InChI=1S/C25H25FN6O2S/c1-35-24-28-21-15-30(22-7-6-20(26)17-4-2-3-5-18(17)22)11-9-19(21)23(29-24)31-12-13-32(25(33)34)16(14-31)8-10-27/h2-7,16H,8-9,11-15H2,1H3,(H,33,34). The minimum Gasteiger partial charge on any atom is -0.465 e. The smallest absolute Gasteiger partial charge is 0.407 e. The molecule has 35 heavy (non-hydrogen) atoms. The number of hydrogen-bond acceptors (Lipinski definition) is 7.